The third kappa shape index (κ3) is 4.47. The van der Waals surface area contributed by atoms with Gasteiger partial charge in [-0.2, -0.15) is 10.1 Å². The van der Waals surface area contributed by atoms with Crippen LogP contribution in [0.1, 0.15) is 43.1 Å². The molecule has 2 aromatic heterocycles. The highest BCUT2D eigenvalue weighted by molar-refractivity contribution is 5.75. The highest BCUT2D eigenvalue weighted by Crippen LogP contribution is 2.22. The molecule has 1 aliphatic rings. The van der Waals surface area contributed by atoms with E-state index in [1.807, 2.05) is 17.7 Å². The summed E-state index contributed by atoms with van der Waals surface area (Å²) in [5.41, 5.74) is 1.11. The molecule has 0 bridgehead atoms. The van der Waals surface area contributed by atoms with Gasteiger partial charge >= 0.3 is 0 Å². The van der Waals surface area contributed by atoms with E-state index in [1.165, 1.54) is 0 Å². The molecule has 0 spiro atoms. The zero-order valence-electron chi connectivity index (χ0n) is 15.3. The average molecular weight is 362 g/mol. The van der Waals surface area contributed by atoms with Crippen molar-refractivity contribution in [3.8, 4) is 0 Å². The molecule has 1 amide bonds. The Hall–Kier alpha value is -2.26. The molecule has 1 atom stereocenters. The van der Waals surface area contributed by atoms with Gasteiger partial charge in [0, 0.05) is 38.0 Å². The molecule has 1 fully saturated rings. The van der Waals surface area contributed by atoms with Gasteiger partial charge < -0.3 is 19.5 Å². The van der Waals surface area contributed by atoms with Crippen molar-refractivity contribution in [2.75, 3.05) is 26.7 Å². The van der Waals surface area contributed by atoms with Crippen LogP contribution in [0, 0.1) is 0 Å². The van der Waals surface area contributed by atoms with Gasteiger partial charge in [0.25, 0.3) is 0 Å². The molecule has 9 heteroatoms. The zero-order chi connectivity index (χ0) is 18.4. The summed E-state index contributed by atoms with van der Waals surface area (Å²) < 4.78 is 12.0. The Kier molecular flexibility index (Phi) is 6.35. The summed E-state index contributed by atoms with van der Waals surface area (Å²) in [7, 11) is 1.57. The molecule has 0 aliphatic carbocycles. The van der Waals surface area contributed by atoms with Crippen LogP contribution in [0.15, 0.2) is 16.8 Å². The molecule has 0 aromatic carbocycles. The lowest BCUT2D eigenvalue weighted by molar-refractivity contribution is -0.132. The Morgan fingerprint density at radius 3 is 3.15 bits per heavy atom. The molecule has 142 valence electrons. The number of aromatic nitrogens is 4. The SMILES string of the molecule is CCN(Cc1nc(COC)no1)C(=O)Cn1nccc1[C@H]1CCCNC1. The van der Waals surface area contributed by atoms with Crippen molar-refractivity contribution < 1.29 is 14.1 Å². The number of hydrogen-bond donors (Lipinski definition) is 1. The smallest absolute Gasteiger partial charge is 0.246 e. The van der Waals surface area contributed by atoms with Crippen molar-refractivity contribution in [3.63, 3.8) is 0 Å². The van der Waals surface area contributed by atoms with Gasteiger partial charge in [-0.15, -0.1) is 0 Å². The summed E-state index contributed by atoms with van der Waals surface area (Å²) in [5.74, 6) is 1.27. The summed E-state index contributed by atoms with van der Waals surface area (Å²) >= 11 is 0. The summed E-state index contributed by atoms with van der Waals surface area (Å²) in [6.45, 7) is 5.26. The first-order valence-corrected chi connectivity index (χ1v) is 9.01. The quantitative estimate of drug-likeness (QED) is 0.746. The summed E-state index contributed by atoms with van der Waals surface area (Å²) in [6.07, 6.45) is 4.03. The monoisotopic (exact) mass is 362 g/mol. The summed E-state index contributed by atoms with van der Waals surface area (Å²) in [5, 5.41) is 11.6. The van der Waals surface area contributed by atoms with E-state index < -0.39 is 0 Å². The molecule has 2 aromatic rings. The van der Waals surface area contributed by atoms with Crippen molar-refractivity contribution in [1.29, 1.82) is 0 Å². The molecule has 26 heavy (non-hydrogen) atoms. The number of amides is 1. The largest absolute Gasteiger partial charge is 0.377 e. The number of ether oxygens (including phenoxy) is 1. The maximum atomic E-state index is 12.7. The first kappa shape index (κ1) is 18.5. The molecule has 0 radical (unpaired) electrons. The van der Waals surface area contributed by atoms with Crippen LogP contribution in [0.2, 0.25) is 0 Å². The molecule has 1 aliphatic heterocycles. The van der Waals surface area contributed by atoms with E-state index in [0.29, 0.717) is 24.2 Å². The van der Waals surface area contributed by atoms with E-state index >= 15 is 0 Å². The fourth-order valence-electron chi connectivity index (χ4n) is 3.24. The Bertz CT molecular complexity index is 707. The molecule has 0 unspecified atom stereocenters. The van der Waals surface area contributed by atoms with Gasteiger partial charge in [-0.3, -0.25) is 9.48 Å². The van der Waals surface area contributed by atoms with E-state index in [9.17, 15) is 4.79 Å². The molecule has 9 nitrogen and oxygen atoms in total. The maximum Gasteiger partial charge on any atom is 0.246 e. The highest BCUT2D eigenvalue weighted by Gasteiger charge is 2.22. The highest BCUT2D eigenvalue weighted by atomic mass is 16.5. The topological polar surface area (TPSA) is 98.3 Å². The molecule has 1 N–H and O–H groups in total. The van der Waals surface area contributed by atoms with Crippen LogP contribution in [-0.2, 0) is 29.2 Å². The third-order valence-electron chi connectivity index (χ3n) is 4.59. The fourth-order valence-corrected chi connectivity index (χ4v) is 3.24. The summed E-state index contributed by atoms with van der Waals surface area (Å²) in [6, 6.07) is 2.01. The predicted molar refractivity (Wildman–Crippen MR) is 93.2 cm³/mol. The van der Waals surface area contributed by atoms with E-state index in [0.717, 1.165) is 31.6 Å². The number of hydrogen-bond acceptors (Lipinski definition) is 7. The minimum atomic E-state index is -0.0206. The van der Waals surface area contributed by atoms with E-state index in [2.05, 4.69) is 20.6 Å². The van der Waals surface area contributed by atoms with E-state index in [-0.39, 0.29) is 25.6 Å². The van der Waals surface area contributed by atoms with Crippen LogP contribution in [-0.4, -0.2) is 57.5 Å². The second-order valence-electron chi connectivity index (χ2n) is 6.40. The van der Waals surface area contributed by atoms with Gasteiger partial charge in [0.05, 0.1) is 0 Å². The lowest BCUT2D eigenvalue weighted by Gasteiger charge is -2.24. The molecular weight excluding hydrogens is 336 g/mol. The van der Waals surface area contributed by atoms with Crippen LogP contribution in [0.25, 0.3) is 0 Å². The van der Waals surface area contributed by atoms with Gasteiger partial charge in [0.1, 0.15) is 19.7 Å². The van der Waals surface area contributed by atoms with Crippen molar-refractivity contribution in [1.82, 2.24) is 30.1 Å². The Morgan fingerprint density at radius 2 is 2.42 bits per heavy atom. The van der Waals surface area contributed by atoms with E-state index in [1.54, 1.807) is 18.2 Å². The van der Waals surface area contributed by atoms with Gasteiger partial charge in [-0.05, 0) is 32.4 Å². The number of likely N-dealkylation sites (N-methyl/N-ethyl adjacent to an activating group) is 1. The van der Waals surface area contributed by atoms with Crippen molar-refractivity contribution in [2.24, 2.45) is 0 Å². The maximum absolute atomic E-state index is 12.7. The van der Waals surface area contributed by atoms with Gasteiger partial charge in [0.2, 0.25) is 11.8 Å². The van der Waals surface area contributed by atoms with Crippen LogP contribution in [0.3, 0.4) is 0 Å². The Balaban J connectivity index is 1.63. The van der Waals surface area contributed by atoms with Gasteiger partial charge in [-0.1, -0.05) is 5.16 Å². The van der Waals surface area contributed by atoms with Crippen LogP contribution < -0.4 is 5.32 Å². The van der Waals surface area contributed by atoms with Crippen molar-refractivity contribution in [3.05, 3.63) is 29.7 Å². The van der Waals surface area contributed by atoms with Gasteiger partial charge in [-0.25, -0.2) is 0 Å². The second kappa shape index (κ2) is 8.91. The molecular formula is C17H26N6O3. The first-order chi connectivity index (χ1) is 12.7. The minimum absolute atomic E-state index is 0.0206. The van der Waals surface area contributed by atoms with Crippen LogP contribution >= 0.6 is 0 Å². The van der Waals surface area contributed by atoms with Crippen molar-refractivity contribution >= 4 is 5.91 Å². The number of carbonyl (C=O) groups is 1. The second-order valence-corrected chi connectivity index (χ2v) is 6.40. The van der Waals surface area contributed by atoms with E-state index in [4.69, 9.17) is 9.26 Å². The molecule has 3 rings (SSSR count). The average Bonchev–Trinajstić information content (AvgIpc) is 3.30. The molecule has 3 heterocycles. The lowest BCUT2D eigenvalue weighted by Crippen LogP contribution is -2.35. The molecule has 0 saturated carbocycles. The number of carbonyl (C=O) groups excluding carboxylic acids is 1. The number of methoxy groups -OCH3 is 1. The van der Waals surface area contributed by atoms with Crippen molar-refractivity contribution in [2.45, 2.75) is 45.4 Å². The Labute approximate surface area is 152 Å². The predicted octanol–water partition coefficient (Wildman–Crippen LogP) is 0.928. The lowest BCUT2D eigenvalue weighted by atomic mass is 9.96. The number of nitrogens with one attached hydrogen (secondary N) is 1. The standard InChI is InChI=1S/C17H26N6O3/c1-3-22(10-16-20-15(12-25-2)21-26-16)17(24)11-23-14(6-8-19-23)13-5-4-7-18-9-13/h6,8,13,18H,3-5,7,9-12H2,1-2H3/t13-/m0/s1. The minimum Gasteiger partial charge on any atom is -0.377 e. The zero-order valence-corrected chi connectivity index (χ0v) is 15.3. The van der Waals surface area contributed by atoms with Crippen LogP contribution in [0.5, 0.6) is 0 Å². The Morgan fingerprint density at radius 1 is 1.54 bits per heavy atom. The summed E-state index contributed by atoms with van der Waals surface area (Å²) in [4.78, 5) is 18.7. The fraction of sp³-hybridized carbons (Fsp3) is 0.647. The normalized spacial score (nSPS) is 17.4. The number of piperidine rings is 1. The molecule has 1 saturated heterocycles. The third-order valence-corrected chi connectivity index (χ3v) is 4.59. The first-order valence-electron chi connectivity index (χ1n) is 9.01. The van der Waals surface area contributed by atoms with Crippen LogP contribution in [0.4, 0.5) is 0 Å². The van der Waals surface area contributed by atoms with Gasteiger partial charge in [0.15, 0.2) is 5.82 Å². The number of nitrogens with zero attached hydrogens (tertiary/aromatic N) is 5. The number of rotatable bonds is 8.